The molecule has 3 nitrogen and oxygen atoms in total. The Hall–Kier alpha value is -1.22. The van der Waals surface area contributed by atoms with Gasteiger partial charge in [-0.05, 0) is 18.6 Å². The Morgan fingerprint density at radius 1 is 1.50 bits per heavy atom. The van der Waals surface area contributed by atoms with Crippen LogP contribution in [0, 0.1) is 0 Å². The maximum atomic E-state index is 5.83. The maximum Gasteiger partial charge on any atom is 0.0879 e. The Labute approximate surface area is 85.1 Å². The van der Waals surface area contributed by atoms with E-state index in [0.717, 1.165) is 25.0 Å². The SMILES string of the molecule is CCCCOC=C1C=CC(N)=CC1N. The highest BCUT2D eigenvalue weighted by atomic mass is 16.5. The molecule has 0 aromatic carbocycles. The highest BCUT2D eigenvalue weighted by molar-refractivity contribution is 5.38. The number of nitrogens with two attached hydrogens (primary N) is 2. The van der Waals surface area contributed by atoms with Gasteiger partial charge in [0, 0.05) is 11.3 Å². The highest BCUT2D eigenvalue weighted by Crippen LogP contribution is 2.11. The van der Waals surface area contributed by atoms with E-state index in [9.17, 15) is 0 Å². The molecular weight excluding hydrogens is 176 g/mol. The summed E-state index contributed by atoms with van der Waals surface area (Å²) in [4.78, 5) is 0. The summed E-state index contributed by atoms with van der Waals surface area (Å²) in [6.45, 7) is 2.88. The predicted molar refractivity (Wildman–Crippen MR) is 58.3 cm³/mol. The molecule has 0 fully saturated rings. The Bertz CT molecular complexity index is 266. The molecule has 1 aliphatic carbocycles. The summed E-state index contributed by atoms with van der Waals surface area (Å²) >= 11 is 0. The van der Waals surface area contributed by atoms with E-state index in [4.69, 9.17) is 16.2 Å². The van der Waals surface area contributed by atoms with Gasteiger partial charge in [0.05, 0.1) is 18.9 Å². The van der Waals surface area contributed by atoms with Gasteiger partial charge in [-0.25, -0.2) is 0 Å². The third-order valence-electron chi connectivity index (χ3n) is 2.06. The molecule has 0 amide bonds. The normalized spacial score (nSPS) is 23.7. The van der Waals surface area contributed by atoms with Crippen molar-refractivity contribution in [3.05, 3.63) is 35.8 Å². The first-order valence-corrected chi connectivity index (χ1v) is 4.96. The second kappa shape index (κ2) is 5.50. The molecule has 0 radical (unpaired) electrons. The van der Waals surface area contributed by atoms with Crippen LogP contribution in [0.3, 0.4) is 0 Å². The Balaban J connectivity index is 2.42. The first-order valence-electron chi connectivity index (χ1n) is 4.96. The zero-order valence-electron chi connectivity index (χ0n) is 8.57. The molecule has 1 rings (SSSR count). The lowest BCUT2D eigenvalue weighted by Gasteiger charge is -2.13. The molecule has 0 heterocycles. The molecule has 0 aromatic heterocycles. The van der Waals surface area contributed by atoms with Gasteiger partial charge in [-0.2, -0.15) is 0 Å². The van der Waals surface area contributed by atoms with E-state index in [-0.39, 0.29) is 6.04 Å². The standard InChI is InChI=1S/C11H18N2O/c1-2-3-6-14-8-9-4-5-10(12)7-11(9)13/h4-5,7-8,11H,2-3,6,12-13H2,1H3. The summed E-state index contributed by atoms with van der Waals surface area (Å²) in [5, 5.41) is 0. The van der Waals surface area contributed by atoms with Crippen molar-refractivity contribution >= 4 is 0 Å². The molecule has 3 heteroatoms. The van der Waals surface area contributed by atoms with Crippen molar-refractivity contribution in [2.45, 2.75) is 25.8 Å². The summed E-state index contributed by atoms with van der Waals surface area (Å²) in [6, 6.07) is -0.137. The molecule has 1 unspecified atom stereocenters. The number of unbranched alkanes of at least 4 members (excludes halogenated alkanes) is 1. The zero-order valence-corrected chi connectivity index (χ0v) is 8.57. The van der Waals surface area contributed by atoms with E-state index in [1.165, 1.54) is 0 Å². The largest absolute Gasteiger partial charge is 0.501 e. The lowest BCUT2D eigenvalue weighted by atomic mass is 10.0. The quantitative estimate of drug-likeness (QED) is 0.525. The van der Waals surface area contributed by atoms with Crippen molar-refractivity contribution < 1.29 is 4.74 Å². The topological polar surface area (TPSA) is 61.3 Å². The van der Waals surface area contributed by atoms with Gasteiger partial charge < -0.3 is 16.2 Å². The van der Waals surface area contributed by atoms with E-state index in [2.05, 4.69) is 6.92 Å². The van der Waals surface area contributed by atoms with Gasteiger partial charge in [-0.1, -0.05) is 19.4 Å². The van der Waals surface area contributed by atoms with Gasteiger partial charge in [0.1, 0.15) is 0 Å². The third-order valence-corrected chi connectivity index (χ3v) is 2.06. The molecule has 78 valence electrons. The second-order valence-electron chi connectivity index (χ2n) is 3.37. The minimum Gasteiger partial charge on any atom is -0.501 e. The first kappa shape index (κ1) is 10.9. The van der Waals surface area contributed by atoms with Gasteiger partial charge in [-0.15, -0.1) is 0 Å². The van der Waals surface area contributed by atoms with Crippen LogP contribution < -0.4 is 11.5 Å². The Morgan fingerprint density at radius 2 is 2.29 bits per heavy atom. The van der Waals surface area contributed by atoms with E-state index in [0.29, 0.717) is 5.70 Å². The summed E-state index contributed by atoms with van der Waals surface area (Å²) in [7, 11) is 0. The van der Waals surface area contributed by atoms with Crippen LogP contribution in [0.2, 0.25) is 0 Å². The number of ether oxygens (including phenoxy) is 1. The van der Waals surface area contributed by atoms with Crippen molar-refractivity contribution in [3.63, 3.8) is 0 Å². The summed E-state index contributed by atoms with van der Waals surface area (Å²) < 4.78 is 5.36. The van der Waals surface area contributed by atoms with E-state index in [1.54, 1.807) is 6.26 Å². The van der Waals surface area contributed by atoms with Crippen LogP contribution in [0.5, 0.6) is 0 Å². The molecule has 14 heavy (non-hydrogen) atoms. The van der Waals surface area contributed by atoms with Crippen LogP contribution in [-0.2, 0) is 4.74 Å². The fraction of sp³-hybridized carbons (Fsp3) is 0.455. The molecular formula is C11H18N2O. The number of hydrogen-bond acceptors (Lipinski definition) is 3. The van der Waals surface area contributed by atoms with Crippen LogP contribution in [0.4, 0.5) is 0 Å². The Morgan fingerprint density at radius 3 is 2.93 bits per heavy atom. The van der Waals surface area contributed by atoms with Crippen molar-refractivity contribution in [1.82, 2.24) is 0 Å². The van der Waals surface area contributed by atoms with E-state index >= 15 is 0 Å². The lowest BCUT2D eigenvalue weighted by molar-refractivity contribution is 0.241. The summed E-state index contributed by atoms with van der Waals surface area (Å²) in [6.07, 6.45) is 9.47. The molecule has 0 aliphatic heterocycles. The molecule has 1 aliphatic rings. The average Bonchev–Trinajstić information content (AvgIpc) is 2.15. The number of hydrogen-bond donors (Lipinski definition) is 2. The smallest absolute Gasteiger partial charge is 0.0879 e. The second-order valence-corrected chi connectivity index (χ2v) is 3.37. The fourth-order valence-corrected chi connectivity index (χ4v) is 1.16. The van der Waals surface area contributed by atoms with Crippen molar-refractivity contribution in [2.24, 2.45) is 11.5 Å². The number of allylic oxidation sites excluding steroid dienone is 1. The van der Waals surface area contributed by atoms with Crippen LogP contribution in [0.25, 0.3) is 0 Å². The molecule has 0 saturated heterocycles. The fourth-order valence-electron chi connectivity index (χ4n) is 1.16. The molecule has 0 bridgehead atoms. The molecule has 1 atom stereocenters. The van der Waals surface area contributed by atoms with Gasteiger partial charge in [-0.3, -0.25) is 0 Å². The molecule has 0 saturated carbocycles. The van der Waals surface area contributed by atoms with Crippen molar-refractivity contribution in [3.8, 4) is 0 Å². The minimum atomic E-state index is -0.137. The molecule has 0 spiro atoms. The Kier molecular flexibility index (Phi) is 4.26. The predicted octanol–water partition coefficient (Wildman–Crippen LogP) is 1.43. The van der Waals surface area contributed by atoms with Crippen molar-refractivity contribution in [2.75, 3.05) is 6.61 Å². The van der Waals surface area contributed by atoms with E-state index < -0.39 is 0 Å². The lowest BCUT2D eigenvalue weighted by Crippen LogP contribution is -2.23. The zero-order chi connectivity index (χ0) is 10.4. The molecule has 4 N–H and O–H groups in total. The van der Waals surface area contributed by atoms with Gasteiger partial charge >= 0.3 is 0 Å². The maximum absolute atomic E-state index is 5.83. The number of rotatable bonds is 4. The first-order chi connectivity index (χ1) is 6.74. The summed E-state index contributed by atoms with van der Waals surface area (Å²) in [5.41, 5.74) is 13.1. The van der Waals surface area contributed by atoms with Gasteiger partial charge in [0.25, 0.3) is 0 Å². The third kappa shape index (κ3) is 3.26. The summed E-state index contributed by atoms with van der Waals surface area (Å²) in [5.74, 6) is 0. The minimum absolute atomic E-state index is 0.137. The highest BCUT2D eigenvalue weighted by Gasteiger charge is 2.08. The van der Waals surface area contributed by atoms with E-state index in [1.807, 2.05) is 18.2 Å². The van der Waals surface area contributed by atoms with Crippen LogP contribution in [0.1, 0.15) is 19.8 Å². The molecule has 0 aromatic rings. The monoisotopic (exact) mass is 194 g/mol. The van der Waals surface area contributed by atoms with Crippen molar-refractivity contribution in [1.29, 1.82) is 0 Å². The van der Waals surface area contributed by atoms with Crippen LogP contribution >= 0.6 is 0 Å². The average molecular weight is 194 g/mol. The van der Waals surface area contributed by atoms with Gasteiger partial charge in [0.2, 0.25) is 0 Å². The van der Waals surface area contributed by atoms with Crippen LogP contribution in [0.15, 0.2) is 35.8 Å². The van der Waals surface area contributed by atoms with Gasteiger partial charge in [0.15, 0.2) is 0 Å². The van der Waals surface area contributed by atoms with Crippen LogP contribution in [-0.4, -0.2) is 12.6 Å².